The Morgan fingerprint density at radius 1 is 0.953 bits per heavy atom. The van der Waals surface area contributed by atoms with Crippen LogP contribution in [0.25, 0.3) is 11.8 Å². The monoisotopic (exact) mass is 614 g/mol. The summed E-state index contributed by atoms with van der Waals surface area (Å²) in [7, 11) is 0. The fourth-order valence-corrected chi connectivity index (χ4v) is 6.11. The Morgan fingerprint density at radius 2 is 1.65 bits per heavy atom. The van der Waals surface area contributed by atoms with Crippen LogP contribution in [-0.2, 0) is 19.1 Å². The van der Waals surface area contributed by atoms with Crippen LogP contribution in [0, 0.1) is 0 Å². The van der Waals surface area contributed by atoms with Crippen molar-refractivity contribution in [3.8, 4) is 5.75 Å². The van der Waals surface area contributed by atoms with Crippen molar-refractivity contribution in [1.82, 2.24) is 4.57 Å². The summed E-state index contributed by atoms with van der Waals surface area (Å²) in [6.07, 6.45) is 3.78. The SMILES string of the molecule is CCOC(=O)COc1ccc(/C=c2\sc3n(c2=O)[C@H](c2ccc(SC)cc2)C(C(=O)OCC)=C(c2ccccc2)N=3)cc1. The van der Waals surface area contributed by atoms with Crippen molar-refractivity contribution in [3.63, 3.8) is 0 Å². The summed E-state index contributed by atoms with van der Waals surface area (Å²) in [5.74, 6) is -0.453. The largest absolute Gasteiger partial charge is 0.482 e. The molecule has 0 spiro atoms. The molecule has 3 aromatic carbocycles. The van der Waals surface area contributed by atoms with Gasteiger partial charge in [-0.3, -0.25) is 9.36 Å². The zero-order chi connectivity index (χ0) is 30.3. The van der Waals surface area contributed by atoms with Gasteiger partial charge in [-0.25, -0.2) is 14.6 Å². The van der Waals surface area contributed by atoms with E-state index in [4.69, 9.17) is 19.2 Å². The van der Waals surface area contributed by atoms with Crippen molar-refractivity contribution in [2.75, 3.05) is 26.1 Å². The van der Waals surface area contributed by atoms with Gasteiger partial charge in [0, 0.05) is 10.5 Å². The van der Waals surface area contributed by atoms with Gasteiger partial charge in [0.1, 0.15) is 5.75 Å². The smallest absolute Gasteiger partial charge is 0.344 e. The standard InChI is InChI=1S/C33H30N2O6S2/c1-4-39-27(36)20-41-24-15-11-21(12-16-24)19-26-31(37)35-30(23-13-17-25(42-3)18-14-23)28(32(38)40-5-2)29(34-33(35)43-26)22-9-7-6-8-10-22/h6-19,30H,4-5,20H2,1-3H3/b26-19-/t30-/m1/s1. The van der Waals surface area contributed by atoms with Gasteiger partial charge in [0.25, 0.3) is 5.56 Å². The van der Waals surface area contributed by atoms with Crippen LogP contribution in [0.2, 0.25) is 0 Å². The minimum Gasteiger partial charge on any atom is -0.482 e. The Balaban J connectivity index is 1.63. The maximum Gasteiger partial charge on any atom is 0.344 e. The second kappa shape index (κ2) is 13.7. The third kappa shape index (κ3) is 6.65. The van der Waals surface area contributed by atoms with Crippen LogP contribution in [-0.4, -0.2) is 42.6 Å². The van der Waals surface area contributed by atoms with E-state index in [9.17, 15) is 14.4 Å². The van der Waals surface area contributed by atoms with Gasteiger partial charge in [-0.1, -0.05) is 65.9 Å². The topological polar surface area (TPSA) is 96.2 Å². The highest BCUT2D eigenvalue weighted by molar-refractivity contribution is 7.98. The molecule has 4 aromatic rings. The van der Waals surface area contributed by atoms with Crippen molar-refractivity contribution in [3.05, 3.63) is 121 Å². The van der Waals surface area contributed by atoms with Crippen LogP contribution >= 0.6 is 23.1 Å². The molecule has 8 nitrogen and oxygen atoms in total. The number of rotatable bonds is 10. The Kier molecular flexibility index (Phi) is 9.58. The van der Waals surface area contributed by atoms with Crippen molar-refractivity contribution in [1.29, 1.82) is 0 Å². The molecule has 1 aliphatic heterocycles. The van der Waals surface area contributed by atoms with Crippen LogP contribution in [0.5, 0.6) is 5.75 Å². The highest BCUT2D eigenvalue weighted by Gasteiger charge is 2.35. The lowest BCUT2D eigenvalue weighted by atomic mass is 9.93. The summed E-state index contributed by atoms with van der Waals surface area (Å²) in [4.78, 5) is 45.6. The van der Waals surface area contributed by atoms with E-state index < -0.39 is 18.0 Å². The molecule has 0 aliphatic carbocycles. The number of benzene rings is 3. The van der Waals surface area contributed by atoms with E-state index in [0.29, 0.717) is 26.4 Å². The van der Waals surface area contributed by atoms with E-state index >= 15 is 0 Å². The number of fused-ring (bicyclic) bond motifs is 1. The van der Waals surface area contributed by atoms with Gasteiger partial charge in [-0.2, -0.15) is 0 Å². The Morgan fingerprint density at radius 3 is 2.30 bits per heavy atom. The van der Waals surface area contributed by atoms with Gasteiger partial charge >= 0.3 is 11.9 Å². The average molecular weight is 615 g/mol. The van der Waals surface area contributed by atoms with E-state index in [-0.39, 0.29) is 25.4 Å². The highest BCUT2D eigenvalue weighted by atomic mass is 32.2. The number of carbonyl (C=O) groups is 2. The molecule has 0 fully saturated rings. The molecule has 1 atom stereocenters. The van der Waals surface area contributed by atoms with Crippen molar-refractivity contribution >= 4 is 46.8 Å². The molecule has 0 radical (unpaired) electrons. The minimum absolute atomic E-state index is 0.184. The van der Waals surface area contributed by atoms with Gasteiger partial charge in [-0.15, -0.1) is 11.8 Å². The molecular weight excluding hydrogens is 585 g/mol. The van der Waals surface area contributed by atoms with Gasteiger partial charge in [0.2, 0.25) is 0 Å². The molecule has 220 valence electrons. The normalized spacial score (nSPS) is 14.6. The quantitative estimate of drug-likeness (QED) is 0.190. The first-order valence-electron chi connectivity index (χ1n) is 13.7. The van der Waals surface area contributed by atoms with Crippen molar-refractivity contribution < 1.29 is 23.8 Å². The summed E-state index contributed by atoms with van der Waals surface area (Å²) >= 11 is 2.87. The molecule has 0 saturated heterocycles. The number of aromatic nitrogens is 1. The van der Waals surface area contributed by atoms with E-state index in [1.807, 2.05) is 60.9 Å². The summed E-state index contributed by atoms with van der Waals surface area (Å²) in [6, 6.07) is 23.6. The van der Waals surface area contributed by atoms with Crippen LogP contribution in [0.1, 0.15) is 36.6 Å². The van der Waals surface area contributed by atoms with E-state index in [1.165, 1.54) is 11.3 Å². The van der Waals surface area contributed by atoms with Gasteiger partial charge < -0.3 is 14.2 Å². The zero-order valence-electron chi connectivity index (χ0n) is 23.9. The van der Waals surface area contributed by atoms with Crippen LogP contribution in [0.4, 0.5) is 0 Å². The molecule has 0 saturated carbocycles. The van der Waals surface area contributed by atoms with Gasteiger partial charge in [-0.05, 0) is 61.6 Å². The third-order valence-electron chi connectivity index (χ3n) is 6.65. The molecule has 1 aromatic heterocycles. The van der Waals surface area contributed by atoms with Crippen LogP contribution in [0.3, 0.4) is 0 Å². The fourth-order valence-electron chi connectivity index (χ4n) is 4.70. The molecule has 5 rings (SSSR count). The molecule has 43 heavy (non-hydrogen) atoms. The predicted molar refractivity (Wildman–Crippen MR) is 168 cm³/mol. The molecule has 0 unspecified atom stereocenters. The number of hydrogen-bond acceptors (Lipinski definition) is 9. The molecule has 2 heterocycles. The Hall–Kier alpha value is -4.41. The third-order valence-corrected chi connectivity index (χ3v) is 8.37. The Bertz CT molecular complexity index is 1830. The van der Waals surface area contributed by atoms with E-state index in [0.717, 1.165) is 21.6 Å². The Labute approximate surface area is 257 Å². The van der Waals surface area contributed by atoms with E-state index in [2.05, 4.69) is 0 Å². The first kappa shape index (κ1) is 30.1. The van der Waals surface area contributed by atoms with Gasteiger partial charge in [0.05, 0.1) is 35.1 Å². The van der Waals surface area contributed by atoms with E-state index in [1.54, 1.807) is 60.5 Å². The lowest BCUT2D eigenvalue weighted by Gasteiger charge is -2.26. The number of esters is 2. The molecule has 0 amide bonds. The number of thioether (sulfide) groups is 1. The number of nitrogens with zero attached hydrogens (tertiary/aromatic N) is 2. The second-order valence-electron chi connectivity index (χ2n) is 9.37. The number of thiazole rings is 1. The lowest BCUT2D eigenvalue weighted by molar-refractivity contribution is -0.145. The second-order valence-corrected chi connectivity index (χ2v) is 11.3. The summed E-state index contributed by atoms with van der Waals surface area (Å²) < 4.78 is 17.9. The average Bonchev–Trinajstić information content (AvgIpc) is 3.34. The number of hydrogen-bond donors (Lipinski definition) is 0. The summed E-state index contributed by atoms with van der Waals surface area (Å²) in [6.45, 7) is 3.78. The highest BCUT2D eigenvalue weighted by Crippen LogP contribution is 2.35. The first-order chi connectivity index (χ1) is 20.9. The molecule has 0 bridgehead atoms. The number of ether oxygens (including phenoxy) is 3. The van der Waals surface area contributed by atoms with Crippen LogP contribution in [0.15, 0.2) is 99.1 Å². The first-order valence-corrected chi connectivity index (χ1v) is 15.8. The summed E-state index contributed by atoms with van der Waals surface area (Å²) in [5, 5.41) is 0. The van der Waals surface area contributed by atoms with Crippen LogP contribution < -0.4 is 19.6 Å². The zero-order valence-corrected chi connectivity index (χ0v) is 25.6. The predicted octanol–water partition coefficient (Wildman–Crippen LogP) is 4.60. The minimum atomic E-state index is -0.734. The van der Waals surface area contributed by atoms with Crippen molar-refractivity contribution in [2.45, 2.75) is 24.8 Å². The summed E-state index contributed by atoms with van der Waals surface area (Å²) in [5.41, 5.74) is 2.83. The molecular formula is C33H30N2O6S2. The fraction of sp³-hybridized carbons (Fsp3) is 0.212. The maximum atomic E-state index is 14.0. The van der Waals surface area contributed by atoms with Gasteiger partial charge in [0.15, 0.2) is 11.4 Å². The molecule has 1 aliphatic rings. The maximum absolute atomic E-state index is 14.0. The molecule has 0 N–H and O–H groups in total. The number of carbonyl (C=O) groups excluding carboxylic acids is 2. The van der Waals surface area contributed by atoms with Crippen molar-refractivity contribution in [2.24, 2.45) is 4.99 Å². The molecule has 10 heteroatoms. The lowest BCUT2D eigenvalue weighted by Crippen LogP contribution is -2.40.